The number of aromatic nitrogens is 4. The zero-order chi connectivity index (χ0) is 19.5. The highest BCUT2D eigenvalue weighted by Crippen LogP contribution is 2.27. The summed E-state index contributed by atoms with van der Waals surface area (Å²) in [7, 11) is 1.61. The highest BCUT2D eigenvalue weighted by atomic mass is 16.5. The molecule has 142 valence electrons. The molecule has 0 unspecified atom stereocenters. The van der Waals surface area contributed by atoms with Crippen LogP contribution < -0.4 is 15.0 Å². The summed E-state index contributed by atoms with van der Waals surface area (Å²) in [5, 5.41) is 9.36. The first-order valence-electron chi connectivity index (χ1n) is 8.73. The van der Waals surface area contributed by atoms with Gasteiger partial charge in [0.15, 0.2) is 0 Å². The number of H-pyrrole nitrogens is 1. The van der Waals surface area contributed by atoms with Crippen LogP contribution in [0.5, 0.6) is 5.88 Å². The van der Waals surface area contributed by atoms with Crippen molar-refractivity contribution in [2.75, 3.05) is 18.6 Å². The third-order valence-corrected chi connectivity index (χ3v) is 4.38. The lowest BCUT2D eigenvalue weighted by molar-refractivity contribution is -0.120. The number of pyridine rings is 1. The van der Waals surface area contributed by atoms with Crippen molar-refractivity contribution in [1.82, 2.24) is 25.5 Å². The van der Waals surface area contributed by atoms with E-state index in [-0.39, 0.29) is 18.3 Å². The Morgan fingerprint density at radius 2 is 2.11 bits per heavy atom. The van der Waals surface area contributed by atoms with E-state index in [1.807, 2.05) is 30.3 Å². The number of amides is 2. The molecule has 0 fully saturated rings. The lowest BCUT2D eigenvalue weighted by atomic mass is 10.1. The number of rotatable bonds is 4. The fourth-order valence-electron chi connectivity index (χ4n) is 2.93. The number of nitrogens with one attached hydrogen (secondary N) is 2. The summed E-state index contributed by atoms with van der Waals surface area (Å²) in [5.74, 6) is 0.0258. The maximum atomic E-state index is 12.7. The molecule has 2 amide bonds. The molecule has 3 aromatic rings. The van der Waals surface area contributed by atoms with Crippen molar-refractivity contribution in [2.24, 2.45) is 0 Å². The van der Waals surface area contributed by atoms with E-state index in [1.165, 1.54) is 4.90 Å². The number of hydrogen-bond acceptors (Lipinski definition) is 6. The predicted molar refractivity (Wildman–Crippen MR) is 100 cm³/mol. The molecule has 0 spiro atoms. The Balaban J connectivity index is 1.45. The van der Waals surface area contributed by atoms with Gasteiger partial charge in [-0.2, -0.15) is 0 Å². The molecular formula is C19H18N6O3. The molecule has 0 radical (unpaired) electrons. The minimum Gasteiger partial charge on any atom is -0.473 e. The first-order valence-corrected chi connectivity index (χ1v) is 8.73. The second-order valence-corrected chi connectivity index (χ2v) is 6.33. The van der Waals surface area contributed by atoms with Crippen LogP contribution in [-0.2, 0) is 11.2 Å². The van der Waals surface area contributed by atoms with Crippen molar-refractivity contribution in [3.63, 3.8) is 0 Å². The first-order chi connectivity index (χ1) is 13.6. The number of anilines is 1. The Hall–Kier alpha value is -3.75. The van der Waals surface area contributed by atoms with E-state index in [0.29, 0.717) is 23.8 Å². The van der Waals surface area contributed by atoms with E-state index >= 15 is 0 Å². The van der Waals surface area contributed by atoms with E-state index in [2.05, 4.69) is 25.5 Å². The molecule has 9 heteroatoms. The van der Waals surface area contributed by atoms with Gasteiger partial charge in [0.05, 0.1) is 0 Å². The lowest BCUT2D eigenvalue weighted by Gasteiger charge is -2.19. The number of carbonyl (C=O) groups excluding carboxylic acids is 2. The van der Waals surface area contributed by atoms with Gasteiger partial charge >= 0.3 is 0 Å². The van der Waals surface area contributed by atoms with Crippen LogP contribution in [0.15, 0.2) is 48.7 Å². The number of ether oxygens (including phenoxy) is 1. The number of hydrogen-bond donors (Lipinski definition) is 2. The molecule has 0 bridgehead atoms. The Labute approximate surface area is 160 Å². The van der Waals surface area contributed by atoms with Gasteiger partial charge in [-0.3, -0.25) is 14.7 Å². The van der Waals surface area contributed by atoms with E-state index in [9.17, 15) is 9.59 Å². The molecular weight excluding hydrogens is 360 g/mol. The van der Waals surface area contributed by atoms with Crippen LogP contribution in [0.25, 0.3) is 0 Å². The van der Waals surface area contributed by atoms with Crippen LogP contribution in [0.1, 0.15) is 22.0 Å². The van der Waals surface area contributed by atoms with Gasteiger partial charge < -0.3 is 15.0 Å². The highest BCUT2D eigenvalue weighted by Gasteiger charge is 2.32. The third kappa shape index (κ3) is 3.54. The molecule has 28 heavy (non-hydrogen) atoms. The summed E-state index contributed by atoms with van der Waals surface area (Å²) in [6.07, 6.45) is 2.11. The van der Waals surface area contributed by atoms with Gasteiger partial charge in [-0.15, -0.1) is 5.10 Å². The summed E-state index contributed by atoms with van der Waals surface area (Å²) in [6, 6.07) is 12.3. The zero-order valence-electron chi connectivity index (χ0n) is 15.1. The number of fused-ring (bicyclic) bond motifs is 1. The minimum absolute atomic E-state index is 0.0266. The van der Waals surface area contributed by atoms with Gasteiger partial charge in [0.25, 0.3) is 11.8 Å². The summed E-state index contributed by atoms with van der Waals surface area (Å²) < 4.78 is 5.59. The standard InChI is InChI=1S/C19H18N6O3/c1-25-14-8-5-9-20-18(14)28-11-13(19(25)27)21-17(26)16-22-15(23-24-16)10-12-6-3-2-4-7-12/h2-9,13H,10-11H2,1H3,(H,21,26)(H,22,23,24)/t13-/m1/s1. The summed E-state index contributed by atoms with van der Waals surface area (Å²) in [5.41, 5.74) is 1.59. The minimum atomic E-state index is -0.872. The third-order valence-electron chi connectivity index (χ3n) is 4.38. The van der Waals surface area contributed by atoms with E-state index in [0.717, 1.165) is 5.56 Å². The maximum Gasteiger partial charge on any atom is 0.291 e. The number of likely N-dealkylation sites (N-methyl/N-ethyl adjacent to an activating group) is 1. The number of aromatic amines is 1. The molecule has 1 aliphatic heterocycles. The SMILES string of the molecule is CN1C(=O)[C@H](NC(=O)c2n[nH]c(Cc3ccccc3)n2)COc2ncccc21. The fourth-order valence-corrected chi connectivity index (χ4v) is 2.93. The highest BCUT2D eigenvalue weighted by molar-refractivity contribution is 6.02. The molecule has 0 saturated carbocycles. The Kier molecular flexibility index (Phi) is 4.71. The topological polar surface area (TPSA) is 113 Å². The summed E-state index contributed by atoms with van der Waals surface area (Å²) >= 11 is 0. The Bertz CT molecular complexity index is 1000. The van der Waals surface area contributed by atoms with E-state index in [4.69, 9.17) is 4.74 Å². The molecule has 2 aromatic heterocycles. The van der Waals surface area contributed by atoms with Crippen molar-refractivity contribution < 1.29 is 14.3 Å². The van der Waals surface area contributed by atoms with Gasteiger partial charge in [0.2, 0.25) is 11.7 Å². The monoisotopic (exact) mass is 378 g/mol. The molecule has 4 rings (SSSR count). The van der Waals surface area contributed by atoms with Crippen molar-refractivity contribution in [3.05, 3.63) is 65.9 Å². The van der Waals surface area contributed by atoms with Crippen LogP contribution in [-0.4, -0.2) is 51.7 Å². The zero-order valence-corrected chi connectivity index (χ0v) is 15.1. The molecule has 2 N–H and O–H groups in total. The van der Waals surface area contributed by atoms with Crippen molar-refractivity contribution in [2.45, 2.75) is 12.5 Å². The first kappa shape index (κ1) is 17.7. The molecule has 0 aliphatic carbocycles. The number of nitrogens with zero attached hydrogens (tertiary/aromatic N) is 4. The molecule has 9 nitrogen and oxygen atoms in total. The smallest absolute Gasteiger partial charge is 0.291 e. The lowest BCUT2D eigenvalue weighted by Crippen LogP contribution is -2.49. The number of carbonyl (C=O) groups is 2. The van der Waals surface area contributed by atoms with E-state index in [1.54, 1.807) is 25.4 Å². The molecule has 1 aromatic carbocycles. The normalized spacial score (nSPS) is 16.1. The van der Waals surface area contributed by atoms with Crippen LogP contribution in [0.2, 0.25) is 0 Å². The Morgan fingerprint density at radius 1 is 1.29 bits per heavy atom. The van der Waals surface area contributed by atoms with Gasteiger partial charge in [0, 0.05) is 19.7 Å². The van der Waals surface area contributed by atoms with Gasteiger partial charge in [0.1, 0.15) is 24.2 Å². The van der Waals surface area contributed by atoms with Crippen molar-refractivity contribution in [3.8, 4) is 5.88 Å². The largest absolute Gasteiger partial charge is 0.473 e. The second kappa shape index (κ2) is 7.47. The van der Waals surface area contributed by atoms with Gasteiger partial charge in [-0.1, -0.05) is 30.3 Å². The predicted octanol–water partition coefficient (Wildman–Crippen LogP) is 0.944. The van der Waals surface area contributed by atoms with Crippen molar-refractivity contribution in [1.29, 1.82) is 0 Å². The van der Waals surface area contributed by atoms with Gasteiger partial charge in [-0.25, -0.2) is 9.97 Å². The van der Waals surface area contributed by atoms with E-state index < -0.39 is 11.9 Å². The molecule has 1 aliphatic rings. The molecule has 1 atom stereocenters. The van der Waals surface area contributed by atoms with Crippen molar-refractivity contribution >= 4 is 17.5 Å². The fraction of sp³-hybridized carbons (Fsp3) is 0.211. The maximum absolute atomic E-state index is 12.7. The van der Waals surface area contributed by atoms with Crippen LogP contribution in [0, 0.1) is 0 Å². The molecule has 3 heterocycles. The summed E-state index contributed by atoms with van der Waals surface area (Å²) in [6.45, 7) is -0.0276. The average molecular weight is 378 g/mol. The number of benzene rings is 1. The Morgan fingerprint density at radius 3 is 2.93 bits per heavy atom. The second-order valence-electron chi connectivity index (χ2n) is 6.33. The quantitative estimate of drug-likeness (QED) is 0.699. The average Bonchev–Trinajstić information content (AvgIpc) is 3.15. The molecule has 0 saturated heterocycles. The van der Waals surface area contributed by atoms with Crippen LogP contribution in [0.3, 0.4) is 0 Å². The summed E-state index contributed by atoms with van der Waals surface area (Å²) in [4.78, 5) is 35.0. The van der Waals surface area contributed by atoms with Crippen LogP contribution >= 0.6 is 0 Å². The van der Waals surface area contributed by atoms with Gasteiger partial charge in [-0.05, 0) is 17.7 Å². The van der Waals surface area contributed by atoms with Crippen LogP contribution in [0.4, 0.5) is 5.69 Å².